The molecule has 2 aliphatic heterocycles. The molecular formula is C30H19BO2. The van der Waals surface area contributed by atoms with Crippen LogP contribution in [0.2, 0.25) is 0 Å². The summed E-state index contributed by atoms with van der Waals surface area (Å²) in [5.41, 5.74) is 8.07. The lowest BCUT2D eigenvalue weighted by molar-refractivity contribution is 0.465. The van der Waals surface area contributed by atoms with Crippen molar-refractivity contribution in [3.63, 3.8) is 0 Å². The molecule has 0 bridgehead atoms. The third kappa shape index (κ3) is 2.90. The molecule has 154 valence electrons. The summed E-state index contributed by atoms with van der Waals surface area (Å²) < 4.78 is 12.9. The van der Waals surface area contributed by atoms with Crippen LogP contribution in [0.4, 0.5) is 0 Å². The molecule has 0 amide bonds. The predicted octanol–water partition coefficient (Wildman–Crippen LogP) is 5.75. The van der Waals surface area contributed by atoms with Gasteiger partial charge in [0.15, 0.2) is 0 Å². The van der Waals surface area contributed by atoms with Crippen molar-refractivity contribution in [3.05, 3.63) is 115 Å². The van der Waals surface area contributed by atoms with E-state index in [9.17, 15) is 0 Å². The minimum atomic E-state index is 0.0668. The summed E-state index contributed by atoms with van der Waals surface area (Å²) in [5, 5.41) is 0. The van der Waals surface area contributed by atoms with E-state index in [-0.39, 0.29) is 6.71 Å². The highest BCUT2D eigenvalue weighted by atomic mass is 16.5. The van der Waals surface area contributed by atoms with Crippen LogP contribution in [-0.4, -0.2) is 6.71 Å². The Labute approximate surface area is 193 Å². The third-order valence-corrected chi connectivity index (χ3v) is 6.60. The first-order valence-electron chi connectivity index (χ1n) is 11.2. The summed E-state index contributed by atoms with van der Waals surface area (Å²) in [6.07, 6.45) is 0. The largest absolute Gasteiger partial charge is 0.458 e. The van der Waals surface area contributed by atoms with Crippen LogP contribution in [0.1, 0.15) is 0 Å². The minimum Gasteiger partial charge on any atom is -0.458 e. The van der Waals surface area contributed by atoms with Crippen LogP contribution in [0.15, 0.2) is 115 Å². The van der Waals surface area contributed by atoms with Crippen LogP contribution in [-0.2, 0) is 0 Å². The first-order valence-corrected chi connectivity index (χ1v) is 11.2. The van der Waals surface area contributed by atoms with Crippen molar-refractivity contribution in [1.82, 2.24) is 0 Å². The summed E-state index contributed by atoms with van der Waals surface area (Å²) >= 11 is 0. The quantitative estimate of drug-likeness (QED) is 0.331. The van der Waals surface area contributed by atoms with Gasteiger partial charge in [0.05, 0.1) is 0 Å². The molecule has 2 aliphatic rings. The van der Waals surface area contributed by atoms with E-state index in [0.717, 1.165) is 39.6 Å². The highest BCUT2D eigenvalue weighted by Crippen LogP contribution is 2.38. The van der Waals surface area contributed by atoms with Gasteiger partial charge in [-0.15, -0.1) is 0 Å². The molecule has 0 unspecified atom stereocenters. The zero-order valence-electron chi connectivity index (χ0n) is 17.9. The first-order chi connectivity index (χ1) is 16.3. The fourth-order valence-electron chi connectivity index (χ4n) is 5.06. The molecule has 2 heterocycles. The van der Waals surface area contributed by atoms with Gasteiger partial charge in [-0.25, -0.2) is 0 Å². The minimum absolute atomic E-state index is 0.0668. The maximum atomic E-state index is 6.51. The maximum Gasteiger partial charge on any atom is 0.260 e. The fourth-order valence-corrected chi connectivity index (χ4v) is 5.06. The van der Waals surface area contributed by atoms with Gasteiger partial charge in [0.25, 0.3) is 6.71 Å². The monoisotopic (exact) mass is 422 g/mol. The second-order valence-corrected chi connectivity index (χ2v) is 8.55. The van der Waals surface area contributed by atoms with Gasteiger partial charge < -0.3 is 9.47 Å². The van der Waals surface area contributed by atoms with Gasteiger partial charge in [0.1, 0.15) is 23.0 Å². The van der Waals surface area contributed by atoms with E-state index in [2.05, 4.69) is 97.1 Å². The fraction of sp³-hybridized carbons (Fsp3) is 0. The van der Waals surface area contributed by atoms with Crippen LogP contribution >= 0.6 is 0 Å². The standard InChI is InChI=1S/C30H19BO2/c1-3-9-20(10-4-1)22-15-16-27-25(17-22)31-24-13-7-8-14-26(24)32-28-18-23(19-29(33-27)30(28)31)21-11-5-2-6-12-21/h1-19H. The molecule has 0 fully saturated rings. The Bertz CT molecular complexity index is 1490. The number of ether oxygens (including phenoxy) is 2. The van der Waals surface area contributed by atoms with Gasteiger partial charge in [-0.3, -0.25) is 0 Å². The lowest BCUT2D eigenvalue weighted by Crippen LogP contribution is -2.57. The lowest BCUT2D eigenvalue weighted by atomic mass is 9.34. The van der Waals surface area contributed by atoms with Crippen LogP contribution < -0.4 is 25.9 Å². The van der Waals surface area contributed by atoms with Crippen molar-refractivity contribution in [2.24, 2.45) is 0 Å². The average molecular weight is 422 g/mol. The molecule has 2 nitrogen and oxygen atoms in total. The zero-order chi connectivity index (χ0) is 21.8. The second-order valence-electron chi connectivity index (χ2n) is 8.55. The Kier molecular flexibility index (Phi) is 3.97. The number of para-hydroxylation sites is 1. The molecular weight excluding hydrogens is 403 g/mol. The Morgan fingerprint density at radius 2 is 0.970 bits per heavy atom. The van der Waals surface area contributed by atoms with E-state index in [1.165, 1.54) is 22.1 Å². The van der Waals surface area contributed by atoms with Crippen molar-refractivity contribution < 1.29 is 9.47 Å². The second kappa shape index (κ2) is 7.14. The van der Waals surface area contributed by atoms with Crippen molar-refractivity contribution in [1.29, 1.82) is 0 Å². The molecule has 0 saturated carbocycles. The van der Waals surface area contributed by atoms with Crippen LogP contribution in [0, 0.1) is 0 Å². The van der Waals surface area contributed by atoms with Gasteiger partial charge in [-0.2, -0.15) is 0 Å². The molecule has 0 saturated heterocycles. The highest BCUT2D eigenvalue weighted by Gasteiger charge is 2.40. The van der Waals surface area contributed by atoms with Gasteiger partial charge in [0.2, 0.25) is 0 Å². The summed E-state index contributed by atoms with van der Waals surface area (Å²) in [4.78, 5) is 0. The van der Waals surface area contributed by atoms with Gasteiger partial charge in [0, 0.05) is 5.46 Å². The number of hydrogen-bond acceptors (Lipinski definition) is 2. The van der Waals surface area contributed by atoms with E-state index >= 15 is 0 Å². The van der Waals surface area contributed by atoms with Gasteiger partial charge in [-0.05, 0) is 57.4 Å². The highest BCUT2D eigenvalue weighted by molar-refractivity contribution is 6.98. The molecule has 0 spiro atoms. The molecule has 0 radical (unpaired) electrons. The van der Waals surface area contributed by atoms with Crippen molar-refractivity contribution in [2.45, 2.75) is 0 Å². The Hall–Kier alpha value is -4.24. The third-order valence-electron chi connectivity index (χ3n) is 6.60. The normalized spacial score (nSPS) is 12.7. The number of benzene rings is 5. The number of rotatable bonds is 2. The van der Waals surface area contributed by atoms with E-state index in [0.29, 0.717) is 0 Å². The molecule has 33 heavy (non-hydrogen) atoms. The van der Waals surface area contributed by atoms with Crippen LogP contribution in [0.3, 0.4) is 0 Å². The van der Waals surface area contributed by atoms with Gasteiger partial charge >= 0.3 is 0 Å². The van der Waals surface area contributed by atoms with Crippen molar-refractivity contribution in [3.8, 4) is 45.3 Å². The summed E-state index contributed by atoms with van der Waals surface area (Å²) in [5.74, 6) is 3.54. The molecule has 5 aromatic rings. The van der Waals surface area contributed by atoms with E-state index in [1.54, 1.807) is 0 Å². The Morgan fingerprint density at radius 1 is 0.394 bits per heavy atom. The van der Waals surface area contributed by atoms with E-state index in [4.69, 9.17) is 9.47 Å². The molecule has 3 heteroatoms. The van der Waals surface area contributed by atoms with Crippen LogP contribution in [0.5, 0.6) is 23.0 Å². The molecule has 0 N–H and O–H groups in total. The smallest absolute Gasteiger partial charge is 0.260 e. The topological polar surface area (TPSA) is 18.5 Å². The van der Waals surface area contributed by atoms with Crippen molar-refractivity contribution in [2.75, 3.05) is 0 Å². The number of hydrogen-bond donors (Lipinski definition) is 0. The maximum absolute atomic E-state index is 6.51. The summed E-state index contributed by atoms with van der Waals surface area (Å²) in [7, 11) is 0. The molecule has 5 aromatic carbocycles. The van der Waals surface area contributed by atoms with Crippen molar-refractivity contribution >= 4 is 23.1 Å². The molecule has 0 atom stereocenters. The Morgan fingerprint density at radius 3 is 1.67 bits per heavy atom. The molecule has 7 rings (SSSR count). The predicted molar refractivity (Wildman–Crippen MR) is 135 cm³/mol. The Balaban J connectivity index is 1.46. The summed E-state index contributed by atoms with van der Waals surface area (Å²) in [6, 6.07) is 40.0. The first kappa shape index (κ1) is 18.3. The van der Waals surface area contributed by atoms with E-state index < -0.39 is 0 Å². The molecule has 0 aromatic heterocycles. The zero-order valence-corrected chi connectivity index (χ0v) is 17.9. The summed E-state index contributed by atoms with van der Waals surface area (Å²) in [6.45, 7) is 0.0668. The number of fused-ring (bicyclic) bond motifs is 4. The van der Waals surface area contributed by atoms with E-state index in [1.807, 2.05) is 18.2 Å². The lowest BCUT2D eigenvalue weighted by Gasteiger charge is -2.33. The SMILES string of the molecule is c1ccc(-c2cc3c4c(c2)Oc2ccc(-c5ccccc5)cc2B4c2ccccc2O3)cc1. The van der Waals surface area contributed by atoms with Gasteiger partial charge in [-0.1, -0.05) is 91.0 Å². The average Bonchev–Trinajstić information content (AvgIpc) is 2.89. The molecule has 0 aliphatic carbocycles. The van der Waals surface area contributed by atoms with Crippen LogP contribution in [0.25, 0.3) is 22.3 Å².